The van der Waals surface area contributed by atoms with Gasteiger partial charge in [-0.15, -0.1) is 21.5 Å². The number of rotatable bonds is 8. The van der Waals surface area contributed by atoms with Gasteiger partial charge in [-0.3, -0.25) is 9.36 Å². The molecule has 0 saturated carbocycles. The van der Waals surface area contributed by atoms with Gasteiger partial charge in [0, 0.05) is 23.5 Å². The number of thiophene rings is 1. The van der Waals surface area contributed by atoms with Crippen LogP contribution in [0.3, 0.4) is 0 Å². The highest BCUT2D eigenvalue weighted by Crippen LogP contribution is 2.31. The Morgan fingerprint density at radius 3 is 2.47 bits per heavy atom. The average molecular weight is 463 g/mol. The van der Waals surface area contributed by atoms with Crippen molar-refractivity contribution in [2.24, 2.45) is 5.92 Å². The zero-order chi connectivity index (χ0) is 22.5. The Labute approximate surface area is 196 Å². The van der Waals surface area contributed by atoms with Crippen LogP contribution in [0.4, 0.5) is 0 Å². The summed E-state index contributed by atoms with van der Waals surface area (Å²) in [5.74, 6) is 1.99. The van der Waals surface area contributed by atoms with Crippen molar-refractivity contribution in [1.82, 2.24) is 20.1 Å². The summed E-state index contributed by atoms with van der Waals surface area (Å²) < 4.78 is 2.11. The fourth-order valence-corrected chi connectivity index (χ4v) is 4.76. The normalized spacial score (nSPS) is 11.1. The Hall–Kier alpha value is -2.90. The van der Waals surface area contributed by atoms with E-state index in [4.69, 9.17) is 0 Å². The van der Waals surface area contributed by atoms with Crippen molar-refractivity contribution in [3.05, 3.63) is 82.7 Å². The maximum atomic E-state index is 12.2. The zero-order valence-corrected chi connectivity index (χ0v) is 20.0. The maximum Gasteiger partial charge on any atom is 0.251 e. The zero-order valence-electron chi connectivity index (χ0n) is 18.4. The van der Waals surface area contributed by atoms with Crippen molar-refractivity contribution in [2.75, 3.05) is 6.54 Å². The highest BCUT2D eigenvalue weighted by molar-refractivity contribution is 7.98. The van der Waals surface area contributed by atoms with Crippen molar-refractivity contribution in [1.29, 1.82) is 0 Å². The number of carbonyl (C=O) groups excluding carboxylic acids is 1. The van der Waals surface area contributed by atoms with Crippen LogP contribution in [-0.2, 0) is 5.75 Å². The predicted octanol–water partition coefficient (Wildman–Crippen LogP) is 5.98. The summed E-state index contributed by atoms with van der Waals surface area (Å²) in [4.78, 5) is 13.3. The van der Waals surface area contributed by atoms with Gasteiger partial charge in [0.15, 0.2) is 11.0 Å². The van der Waals surface area contributed by atoms with Crippen LogP contribution >= 0.6 is 23.1 Å². The summed E-state index contributed by atoms with van der Waals surface area (Å²) in [6.45, 7) is 6.93. The minimum Gasteiger partial charge on any atom is -0.352 e. The number of hydrogen-bond acceptors (Lipinski definition) is 5. The minimum absolute atomic E-state index is 0.0300. The molecular weight excluding hydrogens is 436 g/mol. The Morgan fingerprint density at radius 2 is 1.81 bits per heavy atom. The van der Waals surface area contributed by atoms with Crippen molar-refractivity contribution in [3.63, 3.8) is 0 Å². The van der Waals surface area contributed by atoms with E-state index in [1.807, 2.05) is 30.3 Å². The molecule has 1 N–H and O–H groups in total. The van der Waals surface area contributed by atoms with Crippen molar-refractivity contribution < 1.29 is 4.79 Å². The molecular formula is C25H26N4OS2. The molecule has 1 amide bonds. The largest absolute Gasteiger partial charge is 0.352 e. The van der Waals surface area contributed by atoms with E-state index in [1.54, 1.807) is 23.1 Å². The van der Waals surface area contributed by atoms with Crippen LogP contribution in [0.1, 0.15) is 35.3 Å². The first-order chi connectivity index (χ1) is 15.5. The molecule has 0 aliphatic heterocycles. The summed E-state index contributed by atoms with van der Waals surface area (Å²) in [6.07, 6.45) is 0. The van der Waals surface area contributed by atoms with Gasteiger partial charge in [-0.2, -0.15) is 0 Å². The van der Waals surface area contributed by atoms with Gasteiger partial charge in [0.05, 0.1) is 4.88 Å². The molecule has 0 aliphatic rings. The van der Waals surface area contributed by atoms with E-state index in [0.29, 0.717) is 18.0 Å². The van der Waals surface area contributed by atoms with Gasteiger partial charge >= 0.3 is 0 Å². The van der Waals surface area contributed by atoms with E-state index in [1.165, 1.54) is 5.56 Å². The molecule has 0 radical (unpaired) electrons. The second-order valence-corrected chi connectivity index (χ2v) is 9.93. The van der Waals surface area contributed by atoms with Gasteiger partial charge in [0.2, 0.25) is 0 Å². The van der Waals surface area contributed by atoms with Crippen LogP contribution in [0, 0.1) is 12.8 Å². The van der Waals surface area contributed by atoms with E-state index >= 15 is 0 Å². The van der Waals surface area contributed by atoms with Crippen LogP contribution in [0.5, 0.6) is 0 Å². The SMILES string of the molecule is Cc1ccc(-n2c(SCc3ccc(C(=O)NCC(C)C)cc3)nnc2-c2cccs2)cc1. The second kappa shape index (κ2) is 10.1. The third kappa shape index (κ3) is 5.29. The summed E-state index contributed by atoms with van der Waals surface area (Å²) in [5.41, 5.74) is 4.07. The number of aromatic nitrogens is 3. The standard InChI is InChI=1S/C25H26N4OS2/c1-17(2)15-26-24(30)20-10-8-19(9-11-20)16-32-25-28-27-23(22-5-4-14-31-22)29(25)21-12-6-18(3)7-13-21/h4-14,17H,15-16H2,1-3H3,(H,26,30). The monoisotopic (exact) mass is 462 g/mol. The highest BCUT2D eigenvalue weighted by Gasteiger charge is 2.17. The smallest absolute Gasteiger partial charge is 0.251 e. The van der Waals surface area contributed by atoms with Crippen molar-refractivity contribution >= 4 is 29.0 Å². The average Bonchev–Trinajstić information content (AvgIpc) is 3.47. The number of nitrogens with one attached hydrogen (secondary N) is 1. The number of aryl methyl sites for hydroxylation is 1. The van der Waals surface area contributed by atoms with Gasteiger partial charge in [-0.1, -0.05) is 61.5 Å². The predicted molar refractivity (Wildman–Crippen MR) is 133 cm³/mol. The topological polar surface area (TPSA) is 59.8 Å². The summed E-state index contributed by atoms with van der Waals surface area (Å²) in [6, 6.07) is 20.3. The van der Waals surface area contributed by atoms with Gasteiger partial charge in [-0.25, -0.2) is 0 Å². The summed E-state index contributed by atoms with van der Waals surface area (Å²) in [7, 11) is 0. The number of amides is 1. The number of nitrogens with zero attached hydrogens (tertiary/aromatic N) is 3. The van der Waals surface area contributed by atoms with Crippen LogP contribution in [0.25, 0.3) is 16.4 Å². The Balaban J connectivity index is 1.52. The van der Waals surface area contributed by atoms with E-state index in [-0.39, 0.29) is 5.91 Å². The molecule has 0 aliphatic carbocycles. The molecule has 5 nitrogen and oxygen atoms in total. The number of carbonyl (C=O) groups is 1. The molecule has 0 atom stereocenters. The maximum absolute atomic E-state index is 12.2. The van der Waals surface area contributed by atoms with Gasteiger partial charge < -0.3 is 5.32 Å². The first kappa shape index (κ1) is 22.3. The Kier molecular flexibility index (Phi) is 7.07. The lowest BCUT2D eigenvalue weighted by Gasteiger charge is -2.10. The number of benzene rings is 2. The van der Waals surface area contributed by atoms with Crippen LogP contribution < -0.4 is 5.32 Å². The number of thioether (sulfide) groups is 1. The molecule has 0 unspecified atom stereocenters. The summed E-state index contributed by atoms with van der Waals surface area (Å²) >= 11 is 3.29. The molecule has 7 heteroatoms. The quantitative estimate of drug-likeness (QED) is 0.327. The fraction of sp³-hybridized carbons (Fsp3) is 0.240. The molecule has 0 bridgehead atoms. The highest BCUT2D eigenvalue weighted by atomic mass is 32.2. The van der Waals surface area contributed by atoms with E-state index in [9.17, 15) is 4.79 Å². The van der Waals surface area contributed by atoms with Crippen molar-refractivity contribution in [2.45, 2.75) is 31.7 Å². The van der Waals surface area contributed by atoms with E-state index in [2.05, 4.69) is 76.6 Å². The lowest BCUT2D eigenvalue weighted by Crippen LogP contribution is -2.27. The molecule has 2 heterocycles. The van der Waals surface area contributed by atoms with Crippen molar-refractivity contribution in [3.8, 4) is 16.4 Å². The van der Waals surface area contributed by atoms with Crippen LogP contribution in [0.15, 0.2) is 71.2 Å². The fourth-order valence-electron chi connectivity index (χ4n) is 3.15. The molecule has 4 rings (SSSR count). The summed E-state index contributed by atoms with van der Waals surface area (Å²) in [5, 5.41) is 14.8. The van der Waals surface area contributed by atoms with Crippen LogP contribution in [0.2, 0.25) is 0 Å². The lowest BCUT2D eigenvalue weighted by molar-refractivity contribution is 0.0949. The third-order valence-corrected chi connectivity index (χ3v) is 6.79. The minimum atomic E-state index is -0.0300. The third-order valence-electron chi connectivity index (χ3n) is 4.92. The first-order valence-electron chi connectivity index (χ1n) is 10.6. The molecule has 2 aromatic heterocycles. The van der Waals surface area contributed by atoms with E-state index < -0.39 is 0 Å². The van der Waals surface area contributed by atoms with Crippen LogP contribution in [-0.4, -0.2) is 27.2 Å². The van der Waals surface area contributed by atoms with Gasteiger partial charge in [0.25, 0.3) is 5.91 Å². The Morgan fingerprint density at radius 1 is 1.06 bits per heavy atom. The molecule has 4 aromatic rings. The van der Waals surface area contributed by atoms with E-state index in [0.717, 1.165) is 32.9 Å². The molecule has 2 aromatic carbocycles. The molecule has 0 saturated heterocycles. The molecule has 164 valence electrons. The van der Waals surface area contributed by atoms with Gasteiger partial charge in [-0.05, 0) is 54.1 Å². The Bertz CT molecular complexity index is 1160. The molecule has 32 heavy (non-hydrogen) atoms. The van der Waals surface area contributed by atoms with Gasteiger partial charge in [0.1, 0.15) is 0 Å². The number of hydrogen-bond donors (Lipinski definition) is 1. The second-order valence-electron chi connectivity index (χ2n) is 8.04. The lowest BCUT2D eigenvalue weighted by atomic mass is 10.1. The molecule has 0 fully saturated rings. The molecule has 0 spiro atoms. The first-order valence-corrected chi connectivity index (χ1v) is 12.4.